The molecule has 0 spiro atoms. The summed E-state index contributed by atoms with van der Waals surface area (Å²) in [5.74, 6) is 3.93. The highest BCUT2D eigenvalue weighted by molar-refractivity contribution is 5.93. The predicted molar refractivity (Wildman–Crippen MR) is 167 cm³/mol. The first kappa shape index (κ1) is 27.3. The molecule has 2 aromatic rings. The van der Waals surface area contributed by atoms with Gasteiger partial charge in [-0.05, 0) is 88.6 Å². The number of hydrogen-bond donors (Lipinski definition) is 3. The highest BCUT2D eigenvalue weighted by Crippen LogP contribution is 2.62. The summed E-state index contributed by atoms with van der Waals surface area (Å²) in [6, 6.07) is 16.5. The van der Waals surface area contributed by atoms with Crippen molar-refractivity contribution in [1.29, 1.82) is 0 Å². The number of benzene rings is 2. The molecule has 3 saturated carbocycles. The van der Waals surface area contributed by atoms with Gasteiger partial charge in [-0.1, -0.05) is 65.0 Å². The summed E-state index contributed by atoms with van der Waals surface area (Å²) in [5.41, 5.74) is 10.4. The molecule has 0 amide bonds. The SMILES string of the molecule is CN=C(Nc1ccc(C2NC=Cc3ccc(C(C)C)cc32)cc1)NN1CCN(C2CC3CC(C2C)C3(C)C)CC1. The van der Waals surface area contributed by atoms with Crippen LogP contribution in [0.2, 0.25) is 0 Å². The molecule has 2 aromatic carbocycles. The number of rotatable bonds is 5. The van der Waals surface area contributed by atoms with Crippen molar-refractivity contribution in [1.82, 2.24) is 20.7 Å². The fraction of sp³-hybridized carbons (Fsp3) is 0.559. The van der Waals surface area contributed by atoms with E-state index in [1.807, 2.05) is 7.05 Å². The lowest BCUT2D eigenvalue weighted by atomic mass is 9.44. The van der Waals surface area contributed by atoms with Gasteiger partial charge < -0.3 is 10.6 Å². The fourth-order valence-corrected chi connectivity index (χ4v) is 7.90. The van der Waals surface area contributed by atoms with Gasteiger partial charge in [0, 0.05) is 45.0 Å². The van der Waals surface area contributed by atoms with E-state index in [1.165, 1.54) is 35.1 Å². The van der Waals surface area contributed by atoms with Gasteiger partial charge >= 0.3 is 0 Å². The third kappa shape index (κ3) is 5.05. The lowest BCUT2D eigenvalue weighted by Crippen LogP contribution is -2.64. The highest BCUT2D eigenvalue weighted by atomic mass is 15.6. The normalized spacial score (nSPS) is 29.9. The van der Waals surface area contributed by atoms with Crippen LogP contribution in [-0.4, -0.2) is 55.1 Å². The summed E-state index contributed by atoms with van der Waals surface area (Å²) in [6.45, 7) is 16.3. The van der Waals surface area contributed by atoms with E-state index < -0.39 is 0 Å². The van der Waals surface area contributed by atoms with E-state index in [2.05, 4.69) is 120 Å². The molecule has 5 atom stereocenters. The molecule has 3 N–H and O–H groups in total. The lowest BCUT2D eigenvalue weighted by molar-refractivity contribution is -0.143. The van der Waals surface area contributed by atoms with Crippen LogP contribution in [0.3, 0.4) is 0 Å². The zero-order valence-electron chi connectivity index (χ0n) is 25.2. The van der Waals surface area contributed by atoms with Crippen LogP contribution in [0, 0.1) is 23.2 Å². The average Bonchev–Trinajstić information content (AvgIpc) is 2.96. The van der Waals surface area contributed by atoms with Crippen molar-refractivity contribution in [3.05, 3.63) is 70.9 Å². The van der Waals surface area contributed by atoms with Crippen LogP contribution < -0.4 is 16.1 Å². The van der Waals surface area contributed by atoms with Gasteiger partial charge in [-0.2, -0.15) is 0 Å². The van der Waals surface area contributed by atoms with E-state index in [1.54, 1.807) is 0 Å². The van der Waals surface area contributed by atoms with Crippen molar-refractivity contribution < 1.29 is 0 Å². The Morgan fingerprint density at radius 3 is 2.42 bits per heavy atom. The van der Waals surface area contributed by atoms with Crippen molar-refractivity contribution in [3.63, 3.8) is 0 Å². The van der Waals surface area contributed by atoms with Crippen molar-refractivity contribution in [3.8, 4) is 0 Å². The van der Waals surface area contributed by atoms with Crippen LogP contribution >= 0.6 is 0 Å². The Morgan fingerprint density at radius 2 is 1.77 bits per heavy atom. The first-order chi connectivity index (χ1) is 19.2. The first-order valence-corrected chi connectivity index (χ1v) is 15.4. The zero-order chi connectivity index (χ0) is 28.0. The Kier molecular flexibility index (Phi) is 7.43. The quantitative estimate of drug-likeness (QED) is 0.318. The number of guanidine groups is 1. The third-order valence-electron chi connectivity index (χ3n) is 10.7. The van der Waals surface area contributed by atoms with E-state index in [0.29, 0.717) is 11.3 Å². The van der Waals surface area contributed by atoms with E-state index in [4.69, 9.17) is 0 Å². The molecule has 4 fully saturated rings. The maximum Gasteiger partial charge on any atom is 0.210 e. The molecule has 5 unspecified atom stereocenters. The molecule has 2 heterocycles. The number of nitrogens with one attached hydrogen (secondary N) is 3. The molecule has 6 nitrogen and oxygen atoms in total. The zero-order valence-corrected chi connectivity index (χ0v) is 25.2. The molecule has 0 radical (unpaired) electrons. The molecule has 0 aromatic heterocycles. The number of aliphatic imine (C=N–C) groups is 1. The number of hydrazine groups is 1. The minimum atomic E-state index is 0.158. The topological polar surface area (TPSA) is 54.9 Å². The molecule has 40 heavy (non-hydrogen) atoms. The average molecular weight is 541 g/mol. The maximum absolute atomic E-state index is 4.52. The van der Waals surface area contributed by atoms with Gasteiger partial charge in [-0.25, -0.2) is 5.01 Å². The van der Waals surface area contributed by atoms with E-state index in [9.17, 15) is 0 Å². The van der Waals surface area contributed by atoms with Gasteiger partial charge in [0.15, 0.2) is 0 Å². The van der Waals surface area contributed by atoms with Crippen molar-refractivity contribution in [2.45, 2.75) is 65.5 Å². The Balaban J connectivity index is 1.04. The summed E-state index contributed by atoms with van der Waals surface area (Å²) in [4.78, 5) is 7.28. The summed E-state index contributed by atoms with van der Waals surface area (Å²) < 4.78 is 0. The second-order valence-corrected chi connectivity index (χ2v) is 13.5. The Bertz CT molecular complexity index is 1250. The van der Waals surface area contributed by atoms with Gasteiger partial charge in [0.1, 0.15) is 0 Å². The van der Waals surface area contributed by atoms with Crippen LogP contribution in [-0.2, 0) is 0 Å². The van der Waals surface area contributed by atoms with Crippen LogP contribution in [0.4, 0.5) is 5.69 Å². The summed E-state index contributed by atoms with van der Waals surface area (Å²) in [7, 11) is 1.85. The maximum atomic E-state index is 4.52. The summed E-state index contributed by atoms with van der Waals surface area (Å²) >= 11 is 0. The number of nitrogens with zero attached hydrogens (tertiary/aromatic N) is 3. The van der Waals surface area contributed by atoms with Crippen LogP contribution in [0.5, 0.6) is 0 Å². The second kappa shape index (κ2) is 10.9. The van der Waals surface area contributed by atoms with E-state index >= 15 is 0 Å². The van der Waals surface area contributed by atoms with Crippen LogP contribution in [0.1, 0.15) is 81.7 Å². The molecule has 214 valence electrons. The Labute approximate surface area is 241 Å². The first-order valence-electron chi connectivity index (χ1n) is 15.4. The third-order valence-corrected chi connectivity index (χ3v) is 10.7. The number of anilines is 1. The molecule has 2 aliphatic heterocycles. The Morgan fingerprint density at radius 1 is 1.02 bits per heavy atom. The van der Waals surface area contributed by atoms with Gasteiger partial charge in [0.2, 0.25) is 5.96 Å². The van der Waals surface area contributed by atoms with E-state index in [-0.39, 0.29) is 6.04 Å². The molecular formula is C34H48N6. The molecule has 7 rings (SSSR count). The summed E-state index contributed by atoms with van der Waals surface area (Å²) in [6.07, 6.45) is 7.07. The van der Waals surface area contributed by atoms with Crippen molar-refractivity contribution in [2.24, 2.45) is 28.2 Å². The standard InChI is InChI=1S/C34H48N6/c1-22(2)26-8-7-24-13-14-36-32(29(24)19-26)25-9-11-28(12-10-25)37-33(35-6)38-40-17-15-39(16-18-40)31-21-27-20-30(23(31)3)34(27,4)5/h7-14,19,22-23,27,30-32,36H,15-18,20-21H2,1-6H3,(H2,35,37,38). The van der Waals surface area contributed by atoms with Gasteiger partial charge in [-0.15, -0.1) is 0 Å². The molecule has 3 aliphatic carbocycles. The molecule has 6 heteroatoms. The van der Waals surface area contributed by atoms with Crippen LogP contribution in [0.25, 0.3) is 6.08 Å². The largest absolute Gasteiger partial charge is 0.380 e. The highest BCUT2D eigenvalue weighted by Gasteiger charge is 2.57. The monoisotopic (exact) mass is 540 g/mol. The number of fused-ring (bicyclic) bond motifs is 3. The smallest absolute Gasteiger partial charge is 0.210 e. The molecule has 5 aliphatic rings. The van der Waals surface area contributed by atoms with Crippen LogP contribution in [0.15, 0.2) is 53.7 Å². The molecular weight excluding hydrogens is 492 g/mol. The summed E-state index contributed by atoms with van der Waals surface area (Å²) in [5, 5.41) is 9.39. The van der Waals surface area contributed by atoms with Gasteiger partial charge in [0.05, 0.1) is 6.04 Å². The van der Waals surface area contributed by atoms with Gasteiger partial charge in [0.25, 0.3) is 0 Å². The minimum Gasteiger partial charge on any atom is -0.380 e. The second-order valence-electron chi connectivity index (χ2n) is 13.5. The molecule has 1 saturated heterocycles. The number of hydrogen-bond acceptors (Lipinski definition) is 4. The Hall–Kier alpha value is -2.83. The fourth-order valence-electron chi connectivity index (χ4n) is 7.90. The van der Waals surface area contributed by atoms with Gasteiger partial charge in [-0.3, -0.25) is 15.3 Å². The predicted octanol–water partition coefficient (Wildman–Crippen LogP) is 6.06. The molecule has 2 bridgehead atoms. The van der Waals surface area contributed by atoms with E-state index in [0.717, 1.165) is 61.6 Å². The van der Waals surface area contributed by atoms with Crippen molar-refractivity contribution >= 4 is 17.7 Å². The number of piperazine rings is 1. The van der Waals surface area contributed by atoms with Crippen molar-refractivity contribution in [2.75, 3.05) is 38.5 Å². The minimum absolute atomic E-state index is 0.158. The lowest BCUT2D eigenvalue weighted by Gasteiger charge is -2.64.